The number of rotatable bonds is 2. The number of hydrogen-bond donors (Lipinski definition) is 1. The first-order chi connectivity index (χ1) is 8.99. The smallest absolute Gasteiger partial charge is 0.256 e. The lowest BCUT2D eigenvalue weighted by Crippen LogP contribution is -2.15. The Morgan fingerprint density at radius 3 is 2.68 bits per heavy atom. The van der Waals surface area contributed by atoms with Gasteiger partial charge in [-0.2, -0.15) is 13.8 Å². The van der Waals surface area contributed by atoms with E-state index in [0.717, 1.165) is 22.2 Å². The number of nitrogens with zero attached hydrogens (tertiary/aromatic N) is 1. The van der Waals surface area contributed by atoms with Crippen LogP contribution in [0.3, 0.4) is 0 Å². The fraction of sp³-hybridized carbons (Fsp3) is 0.0769. The predicted molar refractivity (Wildman–Crippen MR) is 71.0 cm³/mol. The summed E-state index contributed by atoms with van der Waals surface area (Å²) in [7, 11) is 0. The molecule has 0 fully saturated rings. The van der Waals surface area contributed by atoms with Gasteiger partial charge in [-0.1, -0.05) is 22.0 Å². The van der Waals surface area contributed by atoms with Gasteiger partial charge in [-0.05, 0) is 36.8 Å². The summed E-state index contributed by atoms with van der Waals surface area (Å²) in [4.78, 5) is 15.0. The molecule has 0 bridgehead atoms. The van der Waals surface area contributed by atoms with E-state index in [-0.39, 0.29) is 5.69 Å². The van der Waals surface area contributed by atoms with Gasteiger partial charge < -0.3 is 5.32 Å². The number of amides is 1. The number of carbonyl (C=O) groups is 1. The van der Waals surface area contributed by atoms with Gasteiger partial charge >= 0.3 is 0 Å². The molecule has 0 radical (unpaired) electrons. The first-order valence-corrected chi connectivity index (χ1v) is 6.17. The Hall–Kier alpha value is -1.82. The van der Waals surface area contributed by atoms with Gasteiger partial charge in [-0.15, -0.1) is 0 Å². The molecule has 0 aliphatic heterocycles. The van der Waals surface area contributed by atoms with Crippen molar-refractivity contribution in [3.8, 4) is 0 Å². The average molecular weight is 327 g/mol. The third-order valence-electron chi connectivity index (χ3n) is 2.58. The largest absolute Gasteiger partial charge is 0.318 e. The molecule has 0 saturated carbocycles. The van der Waals surface area contributed by atoms with Gasteiger partial charge in [-0.3, -0.25) is 4.79 Å². The lowest BCUT2D eigenvalue weighted by Gasteiger charge is -2.09. The summed E-state index contributed by atoms with van der Waals surface area (Å²) in [6.45, 7) is 1.76. The van der Waals surface area contributed by atoms with Crippen LogP contribution in [-0.4, -0.2) is 10.9 Å². The molecular weight excluding hydrogens is 318 g/mol. The number of halogens is 3. The summed E-state index contributed by atoms with van der Waals surface area (Å²) >= 11 is 3.31. The number of carbonyl (C=O) groups excluding carboxylic acids is 1. The van der Waals surface area contributed by atoms with Crippen molar-refractivity contribution in [2.24, 2.45) is 0 Å². The molecule has 0 saturated heterocycles. The summed E-state index contributed by atoms with van der Waals surface area (Å²) < 4.78 is 26.8. The Morgan fingerprint density at radius 2 is 2.00 bits per heavy atom. The van der Waals surface area contributed by atoms with Gasteiger partial charge in [0.2, 0.25) is 11.9 Å². The Morgan fingerprint density at radius 1 is 1.26 bits per heavy atom. The third-order valence-corrected chi connectivity index (χ3v) is 3.43. The van der Waals surface area contributed by atoms with Gasteiger partial charge in [0.15, 0.2) is 0 Å². The van der Waals surface area contributed by atoms with E-state index in [1.165, 1.54) is 0 Å². The first kappa shape index (κ1) is 13.6. The molecule has 3 nitrogen and oxygen atoms in total. The van der Waals surface area contributed by atoms with E-state index in [1.54, 1.807) is 25.1 Å². The fourth-order valence-corrected chi connectivity index (χ4v) is 1.91. The molecule has 1 amide bonds. The lowest BCUT2D eigenvalue weighted by molar-refractivity contribution is 0.102. The summed E-state index contributed by atoms with van der Waals surface area (Å²) in [5.74, 6) is -2.47. The molecule has 1 heterocycles. The highest BCUT2D eigenvalue weighted by molar-refractivity contribution is 9.10. The molecule has 98 valence electrons. The van der Waals surface area contributed by atoms with Crippen LogP contribution in [0.4, 0.5) is 14.5 Å². The number of nitrogens with one attached hydrogen (secondary N) is 1. The van der Waals surface area contributed by atoms with E-state index in [9.17, 15) is 13.6 Å². The number of anilines is 1. The van der Waals surface area contributed by atoms with Crippen LogP contribution >= 0.6 is 15.9 Å². The van der Waals surface area contributed by atoms with Crippen molar-refractivity contribution < 1.29 is 13.6 Å². The second-order valence-electron chi connectivity index (χ2n) is 3.84. The van der Waals surface area contributed by atoms with Crippen LogP contribution < -0.4 is 5.32 Å². The highest BCUT2D eigenvalue weighted by Gasteiger charge is 2.13. The van der Waals surface area contributed by atoms with Crippen LogP contribution in [0.25, 0.3) is 0 Å². The molecule has 19 heavy (non-hydrogen) atoms. The maximum absolute atomic E-state index is 13.3. The van der Waals surface area contributed by atoms with Gasteiger partial charge in [0, 0.05) is 10.0 Å². The first-order valence-electron chi connectivity index (χ1n) is 5.37. The average Bonchev–Trinajstić information content (AvgIpc) is 2.36. The van der Waals surface area contributed by atoms with Crippen molar-refractivity contribution in [2.75, 3.05) is 5.32 Å². The molecule has 1 aromatic heterocycles. The van der Waals surface area contributed by atoms with Crippen molar-refractivity contribution in [1.29, 1.82) is 0 Å². The Kier molecular flexibility index (Phi) is 3.90. The molecular formula is C13H9BrF2N2O. The predicted octanol–water partition coefficient (Wildman–Crippen LogP) is 3.68. The van der Waals surface area contributed by atoms with E-state index in [0.29, 0.717) is 5.56 Å². The Balaban J connectivity index is 2.28. The zero-order valence-corrected chi connectivity index (χ0v) is 11.5. The van der Waals surface area contributed by atoms with Gasteiger partial charge in [0.25, 0.3) is 5.91 Å². The van der Waals surface area contributed by atoms with E-state index in [4.69, 9.17) is 0 Å². The minimum atomic E-state index is -1.05. The molecule has 0 unspecified atom stereocenters. The van der Waals surface area contributed by atoms with Crippen LogP contribution in [0.5, 0.6) is 0 Å². The molecule has 2 aromatic rings. The summed E-state index contributed by atoms with van der Waals surface area (Å²) in [6, 6.07) is 7.22. The van der Waals surface area contributed by atoms with Crippen molar-refractivity contribution in [3.63, 3.8) is 0 Å². The quantitative estimate of drug-likeness (QED) is 0.855. The lowest BCUT2D eigenvalue weighted by atomic mass is 10.1. The summed E-state index contributed by atoms with van der Waals surface area (Å²) in [5.41, 5.74) is 0.972. The van der Waals surface area contributed by atoms with Gasteiger partial charge in [0.05, 0.1) is 5.69 Å². The zero-order chi connectivity index (χ0) is 14.0. The second-order valence-corrected chi connectivity index (χ2v) is 4.69. The van der Waals surface area contributed by atoms with Crippen LogP contribution in [0, 0.1) is 18.8 Å². The van der Waals surface area contributed by atoms with Crippen molar-refractivity contribution >= 4 is 27.5 Å². The third kappa shape index (κ3) is 2.96. The minimum Gasteiger partial charge on any atom is -0.318 e. The SMILES string of the molecule is Cc1c(Br)cccc1C(=O)Nc1ccc(F)nc1F. The van der Waals surface area contributed by atoms with Crippen LogP contribution in [0.1, 0.15) is 15.9 Å². The van der Waals surface area contributed by atoms with Crippen LogP contribution in [0.2, 0.25) is 0 Å². The van der Waals surface area contributed by atoms with Crippen molar-refractivity contribution in [2.45, 2.75) is 6.92 Å². The maximum Gasteiger partial charge on any atom is 0.256 e. The zero-order valence-electron chi connectivity index (χ0n) is 9.88. The van der Waals surface area contributed by atoms with Crippen LogP contribution in [0.15, 0.2) is 34.8 Å². The van der Waals surface area contributed by atoms with Gasteiger partial charge in [0.1, 0.15) is 0 Å². The van der Waals surface area contributed by atoms with E-state index >= 15 is 0 Å². The number of pyridine rings is 1. The Labute approximate surface area is 116 Å². The molecule has 6 heteroatoms. The topological polar surface area (TPSA) is 42.0 Å². The minimum absolute atomic E-state index is 0.161. The van der Waals surface area contributed by atoms with Crippen LogP contribution in [-0.2, 0) is 0 Å². The van der Waals surface area contributed by atoms with Gasteiger partial charge in [-0.25, -0.2) is 0 Å². The number of hydrogen-bond acceptors (Lipinski definition) is 2. The molecule has 0 spiro atoms. The molecule has 2 rings (SSSR count). The molecule has 1 aromatic carbocycles. The highest BCUT2D eigenvalue weighted by atomic mass is 79.9. The second kappa shape index (κ2) is 5.44. The summed E-state index contributed by atoms with van der Waals surface area (Å²) in [5, 5.41) is 2.36. The molecule has 0 atom stereocenters. The van der Waals surface area contributed by atoms with E-state index in [2.05, 4.69) is 26.2 Å². The molecule has 1 N–H and O–H groups in total. The molecule has 0 aliphatic rings. The highest BCUT2D eigenvalue weighted by Crippen LogP contribution is 2.21. The standard InChI is InChI=1S/C13H9BrF2N2O/c1-7-8(3-2-4-9(7)14)13(19)17-10-5-6-11(15)18-12(10)16/h2-6H,1H3,(H,17,19). The monoisotopic (exact) mass is 326 g/mol. The molecule has 0 aliphatic carbocycles. The number of aromatic nitrogens is 1. The van der Waals surface area contributed by atoms with E-state index < -0.39 is 17.8 Å². The number of benzene rings is 1. The van der Waals surface area contributed by atoms with Crippen molar-refractivity contribution in [3.05, 3.63) is 57.8 Å². The van der Waals surface area contributed by atoms with Crippen molar-refractivity contribution in [1.82, 2.24) is 4.98 Å². The normalized spacial score (nSPS) is 10.3. The Bertz CT molecular complexity index is 647. The maximum atomic E-state index is 13.3. The fourth-order valence-electron chi connectivity index (χ4n) is 1.55. The summed E-state index contributed by atoms with van der Waals surface area (Å²) in [6.07, 6.45) is 0. The van der Waals surface area contributed by atoms with E-state index in [1.807, 2.05) is 0 Å².